The molecule has 2 rings (SSSR count). The zero-order valence-electron chi connectivity index (χ0n) is 12.8. The smallest absolute Gasteiger partial charge is 0.123 e. The Bertz CT molecular complexity index is 435. The van der Waals surface area contributed by atoms with Crippen molar-refractivity contribution in [1.29, 1.82) is 0 Å². The average molecular weight is 296 g/mol. The van der Waals surface area contributed by atoms with Gasteiger partial charge in [0.15, 0.2) is 0 Å². The van der Waals surface area contributed by atoms with E-state index in [0.717, 1.165) is 16.7 Å². The van der Waals surface area contributed by atoms with Gasteiger partial charge in [0.05, 0.1) is 7.11 Å². The number of rotatable bonds is 5. The molecule has 3 atom stereocenters. The van der Waals surface area contributed by atoms with E-state index < -0.39 is 0 Å². The Morgan fingerprint density at radius 1 is 1.40 bits per heavy atom. The van der Waals surface area contributed by atoms with Crippen molar-refractivity contribution in [2.24, 2.45) is 11.8 Å². The second-order valence-corrected chi connectivity index (χ2v) is 6.29. The predicted molar refractivity (Wildman–Crippen MR) is 85.5 cm³/mol. The van der Waals surface area contributed by atoms with Gasteiger partial charge in [-0.05, 0) is 49.9 Å². The summed E-state index contributed by atoms with van der Waals surface area (Å²) in [7, 11) is 3.77. The van der Waals surface area contributed by atoms with Crippen LogP contribution in [-0.2, 0) is 0 Å². The molecule has 1 aromatic rings. The Labute approximate surface area is 127 Å². The molecule has 112 valence electrons. The summed E-state index contributed by atoms with van der Waals surface area (Å²) in [5.74, 6) is 2.48. The summed E-state index contributed by atoms with van der Waals surface area (Å²) in [6.45, 7) is 2.31. The lowest BCUT2D eigenvalue weighted by Gasteiger charge is -2.35. The molecule has 1 saturated carbocycles. The van der Waals surface area contributed by atoms with Gasteiger partial charge in [0.25, 0.3) is 0 Å². The topological polar surface area (TPSA) is 21.3 Å². The van der Waals surface area contributed by atoms with Crippen LogP contribution in [0.25, 0.3) is 0 Å². The van der Waals surface area contributed by atoms with Crippen LogP contribution < -0.4 is 10.1 Å². The fourth-order valence-corrected chi connectivity index (χ4v) is 3.78. The molecule has 3 heteroatoms. The van der Waals surface area contributed by atoms with E-state index in [9.17, 15) is 0 Å². The van der Waals surface area contributed by atoms with E-state index in [-0.39, 0.29) is 0 Å². The summed E-state index contributed by atoms with van der Waals surface area (Å²) in [6, 6.07) is 6.25. The Kier molecular flexibility index (Phi) is 5.74. The van der Waals surface area contributed by atoms with Crippen LogP contribution in [0.1, 0.15) is 50.6 Å². The standard InChI is InChI=1S/C17H26ClNO/c1-4-12-6-5-7-13(10-12)17(19-2)15-11-14(18)8-9-16(15)20-3/h8-9,11-13,17,19H,4-7,10H2,1-3H3. The lowest BCUT2D eigenvalue weighted by molar-refractivity contribution is 0.212. The van der Waals surface area contributed by atoms with E-state index in [1.165, 1.54) is 37.7 Å². The van der Waals surface area contributed by atoms with Crippen molar-refractivity contribution in [2.75, 3.05) is 14.2 Å². The number of hydrogen-bond donors (Lipinski definition) is 1. The Hall–Kier alpha value is -0.730. The Morgan fingerprint density at radius 2 is 2.20 bits per heavy atom. The minimum atomic E-state index is 0.331. The first kappa shape index (κ1) is 15.7. The summed E-state index contributed by atoms with van der Waals surface area (Å²) >= 11 is 6.19. The first-order chi connectivity index (χ1) is 9.69. The van der Waals surface area contributed by atoms with Gasteiger partial charge in [0.1, 0.15) is 5.75 Å². The van der Waals surface area contributed by atoms with Gasteiger partial charge in [0, 0.05) is 16.6 Å². The normalized spacial score (nSPS) is 24.4. The molecule has 0 spiro atoms. The highest BCUT2D eigenvalue weighted by Gasteiger charge is 2.29. The molecule has 1 aromatic carbocycles. The third-order valence-corrected chi connectivity index (χ3v) is 4.95. The van der Waals surface area contributed by atoms with Crippen LogP contribution in [0.4, 0.5) is 0 Å². The van der Waals surface area contributed by atoms with E-state index in [4.69, 9.17) is 16.3 Å². The van der Waals surface area contributed by atoms with Gasteiger partial charge in [-0.15, -0.1) is 0 Å². The van der Waals surface area contributed by atoms with Crippen molar-refractivity contribution in [3.8, 4) is 5.75 Å². The summed E-state index contributed by atoms with van der Waals surface area (Å²) in [6.07, 6.45) is 6.61. The molecule has 0 amide bonds. The molecule has 0 radical (unpaired) electrons. The molecule has 2 nitrogen and oxygen atoms in total. The van der Waals surface area contributed by atoms with Crippen LogP contribution in [0.3, 0.4) is 0 Å². The predicted octanol–water partition coefficient (Wildman–Crippen LogP) is 4.83. The number of methoxy groups -OCH3 is 1. The van der Waals surface area contributed by atoms with Crippen molar-refractivity contribution in [2.45, 2.75) is 45.1 Å². The van der Waals surface area contributed by atoms with E-state index >= 15 is 0 Å². The SMILES string of the molecule is CCC1CCCC(C(NC)c2cc(Cl)ccc2OC)C1. The first-order valence-corrected chi connectivity index (χ1v) is 8.08. The molecule has 1 fully saturated rings. The van der Waals surface area contributed by atoms with Gasteiger partial charge >= 0.3 is 0 Å². The summed E-state index contributed by atoms with van der Waals surface area (Å²) in [5, 5.41) is 4.28. The fourth-order valence-electron chi connectivity index (χ4n) is 3.60. The van der Waals surface area contributed by atoms with Crippen LogP contribution in [-0.4, -0.2) is 14.2 Å². The lowest BCUT2D eigenvalue weighted by atomic mass is 9.75. The molecule has 1 aliphatic carbocycles. The maximum absolute atomic E-state index is 6.19. The maximum Gasteiger partial charge on any atom is 0.123 e. The molecule has 0 aliphatic heterocycles. The number of hydrogen-bond acceptors (Lipinski definition) is 2. The number of halogens is 1. The van der Waals surface area contributed by atoms with Gasteiger partial charge in [-0.2, -0.15) is 0 Å². The molecular formula is C17H26ClNO. The largest absolute Gasteiger partial charge is 0.496 e. The van der Waals surface area contributed by atoms with Gasteiger partial charge in [-0.25, -0.2) is 0 Å². The molecule has 3 unspecified atom stereocenters. The third-order valence-electron chi connectivity index (χ3n) is 4.71. The Morgan fingerprint density at radius 3 is 2.85 bits per heavy atom. The number of ether oxygens (including phenoxy) is 1. The quantitative estimate of drug-likeness (QED) is 0.840. The summed E-state index contributed by atoms with van der Waals surface area (Å²) in [4.78, 5) is 0. The van der Waals surface area contributed by atoms with Crippen LogP contribution in [0.15, 0.2) is 18.2 Å². The lowest BCUT2D eigenvalue weighted by Crippen LogP contribution is -2.29. The van der Waals surface area contributed by atoms with Gasteiger partial charge in [-0.3, -0.25) is 0 Å². The maximum atomic E-state index is 6.19. The highest BCUT2D eigenvalue weighted by Crippen LogP contribution is 2.41. The van der Waals surface area contributed by atoms with Crippen molar-refractivity contribution in [3.05, 3.63) is 28.8 Å². The number of nitrogens with one attached hydrogen (secondary N) is 1. The minimum absolute atomic E-state index is 0.331. The molecule has 0 heterocycles. The highest BCUT2D eigenvalue weighted by atomic mass is 35.5. The van der Waals surface area contributed by atoms with Crippen LogP contribution >= 0.6 is 11.6 Å². The van der Waals surface area contributed by atoms with Crippen molar-refractivity contribution in [3.63, 3.8) is 0 Å². The molecule has 0 bridgehead atoms. The number of benzene rings is 1. The van der Waals surface area contributed by atoms with Crippen molar-refractivity contribution in [1.82, 2.24) is 5.32 Å². The van der Waals surface area contributed by atoms with Gasteiger partial charge in [0.2, 0.25) is 0 Å². The van der Waals surface area contributed by atoms with Crippen LogP contribution in [0, 0.1) is 11.8 Å². The van der Waals surface area contributed by atoms with E-state index in [1.54, 1.807) is 7.11 Å². The van der Waals surface area contributed by atoms with E-state index in [0.29, 0.717) is 12.0 Å². The van der Waals surface area contributed by atoms with Gasteiger partial charge < -0.3 is 10.1 Å². The van der Waals surface area contributed by atoms with Crippen molar-refractivity contribution < 1.29 is 4.74 Å². The zero-order chi connectivity index (χ0) is 14.5. The molecule has 0 saturated heterocycles. The second kappa shape index (κ2) is 7.33. The first-order valence-electron chi connectivity index (χ1n) is 7.70. The molecular weight excluding hydrogens is 270 g/mol. The van der Waals surface area contributed by atoms with Crippen LogP contribution in [0.5, 0.6) is 5.75 Å². The van der Waals surface area contributed by atoms with Gasteiger partial charge in [-0.1, -0.05) is 37.8 Å². The zero-order valence-corrected chi connectivity index (χ0v) is 13.5. The average Bonchev–Trinajstić information content (AvgIpc) is 2.48. The summed E-state index contributed by atoms with van der Waals surface area (Å²) in [5.41, 5.74) is 1.20. The highest BCUT2D eigenvalue weighted by molar-refractivity contribution is 6.30. The molecule has 20 heavy (non-hydrogen) atoms. The second-order valence-electron chi connectivity index (χ2n) is 5.85. The van der Waals surface area contributed by atoms with Crippen LogP contribution in [0.2, 0.25) is 5.02 Å². The molecule has 1 N–H and O–H groups in total. The minimum Gasteiger partial charge on any atom is -0.496 e. The van der Waals surface area contributed by atoms with E-state index in [1.807, 2.05) is 19.2 Å². The third kappa shape index (κ3) is 3.48. The fraction of sp³-hybridized carbons (Fsp3) is 0.647. The monoisotopic (exact) mass is 295 g/mol. The summed E-state index contributed by atoms with van der Waals surface area (Å²) < 4.78 is 5.53. The van der Waals surface area contributed by atoms with Crippen molar-refractivity contribution >= 4 is 11.6 Å². The van der Waals surface area contributed by atoms with E-state index in [2.05, 4.69) is 18.3 Å². The molecule has 0 aromatic heterocycles. The molecule has 1 aliphatic rings. The Balaban J connectivity index is 2.25.